The van der Waals surface area contributed by atoms with E-state index in [1.54, 1.807) is 13.3 Å². The summed E-state index contributed by atoms with van der Waals surface area (Å²) in [6.45, 7) is 7.85. The Hall–Kier alpha value is -1.03. The second kappa shape index (κ2) is 4.46. The third kappa shape index (κ3) is 2.73. The van der Waals surface area contributed by atoms with Gasteiger partial charge in [0.25, 0.3) is 0 Å². The van der Waals surface area contributed by atoms with Gasteiger partial charge in [0.2, 0.25) is 5.95 Å². The molecule has 0 radical (unpaired) electrons. The number of ether oxygens (including phenoxy) is 1. The number of methoxy groups -OCH3 is 1. The van der Waals surface area contributed by atoms with Crippen LogP contribution in [0.4, 0.5) is 5.95 Å². The molecule has 0 unspecified atom stereocenters. The third-order valence-electron chi connectivity index (χ3n) is 2.15. The number of nitrogens with zero attached hydrogens (tertiary/aromatic N) is 2. The van der Waals surface area contributed by atoms with Crippen LogP contribution in [-0.2, 0) is 11.3 Å². The van der Waals surface area contributed by atoms with Crippen LogP contribution in [0.25, 0.3) is 0 Å². The molecule has 14 heavy (non-hydrogen) atoms. The number of hydrogen-bond donors (Lipinski definition) is 1. The quantitative estimate of drug-likeness (QED) is 0.781. The summed E-state index contributed by atoms with van der Waals surface area (Å²) in [5.41, 5.74) is -0.162. The average molecular weight is 197 g/mol. The van der Waals surface area contributed by atoms with Crippen LogP contribution in [0.5, 0.6) is 0 Å². The smallest absolute Gasteiger partial charge is 0.202 e. The molecule has 1 aromatic heterocycles. The molecule has 80 valence electrons. The minimum absolute atomic E-state index is 0.162. The Bertz CT molecular complexity index is 281. The van der Waals surface area contributed by atoms with Crippen LogP contribution in [0, 0.1) is 0 Å². The molecule has 1 N–H and O–H groups in total. The summed E-state index contributed by atoms with van der Waals surface area (Å²) in [5.74, 6) is 0.901. The van der Waals surface area contributed by atoms with E-state index in [2.05, 4.69) is 35.6 Å². The van der Waals surface area contributed by atoms with Gasteiger partial charge in [-0.2, -0.15) is 0 Å². The van der Waals surface area contributed by atoms with Crippen LogP contribution in [0.2, 0.25) is 0 Å². The first-order valence-corrected chi connectivity index (χ1v) is 4.89. The van der Waals surface area contributed by atoms with Crippen LogP contribution in [-0.4, -0.2) is 28.8 Å². The Balaban J connectivity index is 2.70. The number of imidazole rings is 1. The van der Waals surface area contributed by atoms with E-state index in [0.717, 1.165) is 19.0 Å². The van der Waals surface area contributed by atoms with Gasteiger partial charge in [-0.1, -0.05) is 0 Å². The number of aromatic nitrogens is 2. The normalized spacial score (nSPS) is 11.7. The average Bonchev–Trinajstić information content (AvgIpc) is 2.53. The predicted octanol–water partition coefficient (Wildman–Crippen LogP) is 1.74. The van der Waals surface area contributed by atoms with E-state index >= 15 is 0 Å². The van der Waals surface area contributed by atoms with Crippen LogP contribution in [0.1, 0.15) is 20.8 Å². The molecule has 0 amide bonds. The summed E-state index contributed by atoms with van der Waals surface area (Å²) in [7, 11) is 1.73. The number of hydrogen-bond acceptors (Lipinski definition) is 3. The lowest BCUT2D eigenvalue weighted by Gasteiger charge is -2.24. The van der Waals surface area contributed by atoms with Gasteiger partial charge in [0.05, 0.1) is 12.1 Å². The molecular weight excluding hydrogens is 178 g/mol. The maximum atomic E-state index is 5.37. The highest BCUT2D eigenvalue weighted by Crippen LogP contribution is 2.14. The summed E-state index contributed by atoms with van der Waals surface area (Å²) in [5, 5.41) is 3.20. The first-order chi connectivity index (χ1) is 6.59. The fraction of sp³-hybridized carbons (Fsp3) is 0.700. The number of anilines is 1. The summed E-state index contributed by atoms with van der Waals surface area (Å²) in [6, 6.07) is 0. The molecule has 4 heteroatoms. The largest absolute Gasteiger partial charge is 0.377 e. The van der Waals surface area contributed by atoms with Crippen molar-refractivity contribution in [2.45, 2.75) is 32.9 Å². The predicted molar refractivity (Wildman–Crippen MR) is 57.5 cm³/mol. The summed E-state index contributed by atoms with van der Waals surface area (Å²) in [6.07, 6.45) is 3.75. The Kier molecular flexibility index (Phi) is 3.52. The van der Waals surface area contributed by atoms with Gasteiger partial charge in [-0.05, 0) is 20.8 Å². The van der Waals surface area contributed by atoms with Crippen molar-refractivity contribution in [3.63, 3.8) is 0 Å². The second-order valence-corrected chi connectivity index (χ2v) is 3.87. The zero-order valence-corrected chi connectivity index (χ0v) is 9.37. The number of rotatable bonds is 5. The molecule has 0 fully saturated rings. The maximum absolute atomic E-state index is 5.37. The lowest BCUT2D eigenvalue weighted by Crippen LogP contribution is -2.29. The Morgan fingerprint density at radius 2 is 2.29 bits per heavy atom. The molecule has 0 bridgehead atoms. The molecule has 0 aliphatic rings. The van der Waals surface area contributed by atoms with E-state index in [1.807, 2.05) is 6.20 Å². The lowest BCUT2D eigenvalue weighted by molar-refractivity contribution is 0.00858. The molecular formula is C10H19N3O. The highest BCUT2D eigenvalue weighted by Gasteiger charge is 2.18. The third-order valence-corrected chi connectivity index (χ3v) is 2.15. The van der Waals surface area contributed by atoms with Crippen molar-refractivity contribution in [2.24, 2.45) is 0 Å². The van der Waals surface area contributed by atoms with Crippen LogP contribution >= 0.6 is 0 Å². The Morgan fingerprint density at radius 3 is 2.86 bits per heavy atom. The van der Waals surface area contributed by atoms with E-state index in [-0.39, 0.29) is 5.60 Å². The minimum Gasteiger partial charge on any atom is -0.377 e. The van der Waals surface area contributed by atoms with Crippen molar-refractivity contribution in [1.29, 1.82) is 0 Å². The van der Waals surface area contributed by atoms with Gasteiger partial charge < -0.3 is 14.6 Å². The van der Waals surface area contributed by atoms with Crippen LogP contribution < -0.4 is 5.32 Å². The minimum atomic E-state index is -0.162. The molecule has 0 spiro atoms. The molecule has 1 rings (SSSR count). The Labute approximate surface area is 85.3 Å². The zero-order chi connectivity index (χ0) is 10.6. The zero-order valence-electron chi connectivity index (χ0n) is 9.37. The maximum Gasteiger partial charge on any atom is 0.202 e. The van der Waals surface area contributed by atoms with E-state index in [1.165, 1.54) is 0 Å². The fourth-order valence-electron chi connectivity index (χ4n) is 1.24. The molecule has 0 aromatic carbocycles. The van der Waals surface area contributed by atoms with E-state index in [0.29, 0.717) is 0 Å². The first kappa shape index (κ1) is 11.0. The van der Waals surface area contributed by atoms with Gasteiger partial charge in [0, 0.05) is 26.0 Å². The summed E-state index contributed by atoms with van der Waals surface area (Å²) >= 11 is 0. The molecule has 0 saturated heterocycles. The van der Waals surface area contributed by atoms with E-state index in [4.69, 9.17) is 4.74 Å². The molecule has 0 saturated carbocycles. The van der Waals surface area contributed by atoms with Gasteiger partial charge in [-0.3, -0.25) is 0 Å². The highest BCUT2D eigenvalue weighted by molar-refractivity contribution is 5.25. The lowest BCUT2D eigenvalue weighted by atomic mass is 10.1. The van der Waals surface area contributed by atoms with E-state index in [9.17, 15) is 0 Å². The van der Waals surface area contributed by atoms with Gasteiger partial charge in [0.1, 0.15) is 0 Å². The fourth-order valence-corrected chi connectivity index (χ4v) is 1.24. The highest BCUT2D eigenvalue weighted by atomic mass is 16.5. The van der Waals surface area contributed by atoms with E-state index < -0.39 is 0 Å². The van der Waals surface area contributed by atoms with Gasteiger partial charge >= 0.3 is 0 Å². The molecule has 0 aliphatic heterocycles. The van der Waals surface area contributed by atoms with Gasteiger partial charge in [0.15, 0.2) is 0 Å². The molecule has 0 aliphatic carbocycles. The van der Waals surface area contributed by atoms with Gasteiger partial charge in [-0.25, -0.2) is 4.98 Å². The van der Waals surface area contributed by atoms with Crippen molar-refractivity contribution >= 4 is 5.95 Å². The van der Waals surface area contributed by atoms with Crippen molar-refractivity contribution in [3.8, 4) is 0 Å². The summed E-state index contributed by atoms with van der Waals surface area (Å²) < 4.78 is 7.43. The first-order valence-electron chi connectivity index (χ1n) is 4.89. The van der Waals surface area contributed by atoms with Crippen molar-refractivity contribution < 1.29 is 4.74 Å². The summed E-state index contributed by atoms with van der Waals surface area (Å²) in [4.78, 5) is 4.22. The standard InChI is InChI=1S/C10H19N3O/c1-5-11-9-12-6-7-13(9)8-10(2,3)14-4/h6-7H,5,8H2,1-4H3,(H,11,12). The van der Waals surface area contributed by atoms with Crippen molar-refractivity contribution in [1.82, 2.24) is 9.55 Å². The SMILES string of the molecule is CCNc1nccn1CC(C)(C)OC. The second-order valence-electron chi connectivity index (χ2n) is 3.87. The van der Waals surface area contributed by atoms with Crippen molar-refractivity contribution in [2.75, 3.05) is 19.0 Å². The number of nitrogens with one attached hydrogen (secondary N) is 1. The van der Waals surface area contributed by atoms with Crippen LogP contribution in [0.3, 0.4) is 0 Å². The molecule has 4 nitrogen and oxygen atoms in total. The van der Waals surface area contributed by atoms with Crippen LogP contribution in [0.15, 0.2) is 12.4 Å². The van der Waals surface area contributed by atoms with Crippen molar-refractivity contribution in [3.05, 3.63) is 12.4 Å². The monoisotopic (exact) mass is 197 g/mol. The molecule has 0 atom stereocenters. The Morgan fingerprint density at radius 1 is 1.57 bits per heavy atom. The molecule has 1 heterocycles. The van der Waals surface area contributed by atoms with Gasteiger partial charge in [-0.15, -0.1) is 0 Å². The molecule has 1 aromatic rings. The topological polar surface area (TPSA) is 39.1 Å².